The van der Waals surface area contributed by atoms with E-state index >= 15 is 0 Å². The van der Waals surface area contributed by atoms with Crippen LogP contribution in [-0.2, 0) is 0 Å². The Labute approximate surface area is 142 Å². The van der Waals surface area contributed by atoms with Gasteiger partial charge in [0.15, 0.2) is 11.6 Å². The van der Waals surface area contributed by atoms with Crippen LogP contribution in [0.25, 0.3) is 11.3 Å². The molecule has 0 aliphatic rings. The number of halogens is 1. The van der Waals surface area contributed by atoms with Crippen molar-refractivity contribution in [3.63, 3.8) is 0 Å². The summed E-state index contributed by atoms with van der Waals surface area (Å²) in [6, 6.07) is 8.23. The first-order valence-corrected chi connectivity index (χ1v) is 7.31. The van der Waals surface area contributed by atoms with E-state index in [4.69, 9.17) is 9.47 Å². The molecule has 8 heteroatoms. The number of aromatic amines is 1. The molecule has 0 saturated heterocycles. The zero-order valence-electron chi connectivity index (χ0n) is 13.5. The van der Waals surface area contributed by atoms with Gasteiger partial charge in [-0.15, -0.1) is 0 Å². The normalized spacial score (nSPS) is 10.4. The Balaban J connectivity index is 1.86. The van der Waals surface area contributed by atoms with Gasteiger partial charge in [-0.05, 0) is 24.3 Å². The number of aromatic nitrogens is 3. The van der Waals surface area contributed by atoms with E-state index in [1.807, 2.05) is 0 Å². The minimum Gasteiger partial charge on any atom is -0.497 e. The zero-order valence-corrected chi connectivity index (χ0v) is 13.5. The topological polar surface area (TPSA) is 89.1 Å². The summed E-state index contributed by atoms with van der Waals surface area (Å²) in [4.78, 5) is 15.7. The first-order valence-electron chi connectivity index (χ1n) is 7.31. The van der Waals surface area contributed by atoms with Crippen molar-refractivity contribution in [1.29, 1.82) is 0 Å². The van der Waals surface area contributed by atoms with Crippen molar-refractivity contribution in [2.45, 2.75) is 0 Å². The number of pyridine rings is 1. The maximum absolute atomic E-state index is 13.6. The third kappa shape index (κ3) is 3.42. The molecule has 0 atom stereocenters. The van der Waals surface area contributed by atoms with Gasteiger partial charge < -0.3 is 14.8 Å². The Morgan fingerprint density at radius 1 is 1.20 bits per heavy atom. The number of benzene rings is 1. The summed E-state index contributed by atoms with van der Waals surface area (Å²) in [5, 5.41) is 9.37. The minimum atomic E-state index is -0.703. The smallest absolute Gasteiger partial charge is 0.259 e. The largest absolute Gasteiger partial charge is 0.497 e. The molecular formula is C17H15FN4O3. The second-order valence-electron chi connectivity index (χ2n) is 5.04. The second kappa shape index (κ2) is 7.00. The van der Waals surface area contributed by atoms with Crippen molar-refractivity contribution in [3.8, 4) is 22.8 Å². The van der Waals surface area contributed by atoms with E-state index in [1.165, 1.54) is 12.3 Å². The Bertz CT molecular complexity index is 910. The summed E-state index contributed by atoms with van der Waals surface area (Å²) in [7, 11) is 3.12. The van der Waals surface area contributed by atoms with Gasteiger partial charge in [0.05, 0.1) is 31.7 Å². The number of amides is 1. The number of nitrogens with zero attached hydrogens (tertiary/aromatic N) is 2. The molecule has 0 spiro atoms. The molecule has 2 N–H and O–H groups in total. The number of anilines is 1. The lowest BCUT2D eigenvalue weighted by molar-refractivity contribution is 0.102. The fraction of sp³-hybridized carbons (Fsp3) is 0.118. The number of ether oxygens (including phenoxy) is 2. The first-order chi connectivity index (χ1) is 12.1. The summed E-state index contributed by atoms with van der Waals surface area (Å²) in [6.07, 6.45) is 2.32. The van der Waals surface area contributed by atoms with E-state index < -0.39 is 11.7 Å². The van der Waals surface area contributed by atoms with Gasteiger partial charge in [-0.3, -0.25) is 14.9 Å². The Morgan fingerprint density at radius 3 is 2.76 bits per heavy atom. The highest BCUT2D eigenvalue weighted by Crippen LogP contribution is 2.33. The van der Waals surface area contributed by atoms with Crippen LogP contribution in [0.3, 0.4) is 0 Å². The molecule has 1 aromatic carbocycles. The van der Waals surface area contributed by atoms with Gasteiger partial charge >= 0.3 is 0 Å². The quantitative estimate of drug-likeness (QED) is 0.744. The lowest BCUT2D eigenvalue weighted by Crippen LogP contribution is -2.14. The van der Waals surface area contributed by atoms with Crippen LogP contribution in [-0.4, -0.2) is 35.3 Å². The van der Waals surface area contributed by atoms with Gasteiger partial charge in [0.1, 0.15) is 11.5 Å². The predicted octanol–water partition coefficient (Wildman–Crippen LogP) is 2.88. The first kappa shape index (κ1) is 16.4. The number of H-pyrrole nitrogens is 1. The lowest BCUT2D eigenvalue weighted by Gasteiger charge is -2.08. The molecule has 0 radical (unpaired) electrons. The number of carbonyl (C=O) groups is 1. The fourth-order valence-corrected chi connectivity index (χ4v) is 2.29. The average Bonchev–Trinajstić information content (AvgIpc) is 3.09. The molecule has 0 unspecified atom stereocenters. The molecule has 0 bridgehead atoms. The molecule has 2 aromatic heterocycles. The molecule has 0 aliphatic heterocycles. The van der Waals surface area contributed by atoms with Crippen LogP contribution in [0.15, 0.2) is 42.7 Å². The molecule has 7 nitrogen and oxygen atoms in total. The molecule has 0 saturated carbocycles. The number of hydrogen-bond acceptors (Lipinski definition) is 5. The second-order valence-corrected chi connectivity index (χ2v) is 5.04. The molecule has 0 aliphatic carbocycles. The number of rotatable bonds is 5. The third-order valence-electron chi connectivity index (χ3n) is 3.53. The van der Waals surface area contributed by atoms with Crippen LogP contribution in [0.5, 0.6) is 11.5 Å². The van der Waals surface area contributed by atoms with E-state index in [0.29, 0.717) is 22.8 Å². The fourth-order valence-electron chi connectivity index (χ4n) is 2.29. The van der Waals surface area contributed by atoms with Gasteiger partial charge in [0.2, 0.25) is 0 Å². The van der Waals surface area contributed by atoms with E-state index in [-0.39, 0.29) is 11.4 Å². The predicted molar refractivity (Wildman–Crippen MR) is 89.3 cm³/mol. The van der Waals surface area contributed by atoms with Crippen molar-refractivity contribution in [1.82, 2.24) is 15.2 Å². The molecular weight excluding hydrogens is 327 g/mol. The van der Waals surface area contributed by atoms with Gasteiger partial charge in [0.25, 0.3) is 5.91 Å². The van der Waals surface area contributed by atoms with Gasteiger partial charge in [-0.1, -0.05) is 0 Å². The Kier molecular flexibility index (Phi) is 4.60. The maximum Gasteiger partial charge on any atom is 0.259 e. The van der Waals surface area contributed by atoms with Crippen LogP contribution in [0, 0.1) is 5.82 Å². The summed E-state index contributed by atoms with van der Waals surface area (Å²) in [5.74, 6) is 0.194. The van der Waals surface area contributed by atoms with Crippen molar-refractivity contribution < 1.29 is 18.7 Å². The number of methoxy groups -OCH3 is 2. The van der Waals surface area contributed by atoms with Gasteiger partial charge in [0, 0.05) is 17.8 Å². The highest BCUT2D eigenvalue weighted by atomic mass is 19.1. The van der Waals surface area contributed by atoms with Crippen molar-refractivity contribution >= 4 is 11.7 Å². The standard InChI is InChI=1S/C17H15FN4O3/c1-24-10-3-4-15(25-2)12(7-10)14-8-16(22-21-14)20-17(23)11-5-6-19-9-13(11)18/h3-9H,1-2H3,(H2,20,21,22,23). The highest BCUT2D eigenvalue weighted by molar-refractivity contribution is 6.04. The summed E-state index contributed by atoms with van der Waals surface area (Å²) in [6.45, 7) is 0. The minimum absolute atomic E-state index is 0.112. The lowest BCUT2D eigenvalue weighted by atomic mass is 10.1. The molecule has 0 fully saturated rings. The monoisotopic (exact) mass is 342 g/mol. The number of carbonyl (C=O) groups excluding carboxylic acids is 1. The highest BCUT2D eigenvalue weighted by Gasteiger charge is 2.15. The molecule has 128 valence electrons. The van der Waals surface area contributed by atoms with E-state index in [9.17, 15) is 9.18 Å². The van der Waals surface area contributed by atoms with Crippen LogP contribution < -0.4 is 14.8 Å². The third-order valence-corrected chi connectivity index (χ3v) is 3.53. The molecule has 25 heavy (non-hydrogen) atoms. The van der Waals surface area contributed by atoms with Crippen molar-refractivity contribution in [2.75, 3.05) is 19.5 Å². The Hall–Kier alpha value is -3.42. The zero-order chi connectivity index (χ0) is 17.8. The molecule has 3 aromatic rings. The van der Waals surface area contributed by atoms with Crippen LogP contribution >= 0.6 is 0 Å². The van der Waals surface area contributed by atoms with Crippen molar-refractivity contribution in [2.24, 2.45) is 0 Å². The summed E-state index contributed by atoms with van der Waals surface area (Å²) < 4.78 is 24.2. The molecule has 2 heterocycles. The summed E-state index contributed by atoms with van der Waals surface area (Å²) in [5.41, 5.74) is 1.21. The van der Waals surface area contributed by atoms with Crippen LogP contribution in [0.1, 0.15) is 10.4 Å². The number of nitrogens with one attached hydrogen (secondary N) is 2. The van der Waals surface area contributed by atoms with Gasteiger partial charge in [-0.2, -0.15) is 5.10 Å². The molecule has 1 amide bonds. The van der Waals surface area contributed by atoms with Crippen molar-refractivity contribution in [3.05, 3.63) is 54.1 Å². The average molecular weight is 342 g/mol. The maximum atomic E-state index is 13.6. The van der Waals surface area contributed by atoms with E-state index in [0.717, 1.165) is 6.20 Å². The Morgan fingerprint density at radius 2 is 2.04 bits per heavy atom. The SMILES string of the molecule is COc1ccc(OC)c(-c2cc(NC(=O)c3ccncc3F)n[nH]2)c1. The van der Waals surface area contributed by atoms with Crippen LogP contribution in [0.4, 0.5) is 10.2 Å². The number of hydrogen-bond donors (Lipinski definition) is 2. The van der Waals surface area contributed by atoms with E-state index in [2.05, 4.69) is 20.5 Å². The van der Waals surface area contributed by atoms with E-state index in [1.54, 1.807) is 38.5 Å². The van der Waals surface area contributed by atoms with Crippen LogP contribution in [0.2, 0.25) is 0 Å². The van der Waals surface area contributed by atoms with Gasteiger partial charge in [-0.25, -0.2) is 4.39 Å². The molecule has 3 rings (SSSR count). The summed E-state index contributed by atoms with van der Waals surface area (Å²) >= 11 is 0.